The number of carbonyl (C=O) groups is 1. The molecule has 0 saturated carbocycles. The summed E-state index contributed by atoms with van der Waals surface area (Å²) in [5.74, 6) is 0.0832. The van der Waals surface area contributed by atoms with Gasteiger partial charge in [0.1, 0.15) is 5.82 Å². The molecule has 0 aromatic heterocycles. The predicted molar refractivity (Wildman–Crippen MR) is 129 cm³/mol. The molecule has 0 fully saturated rings. The van der Waals surface area contributed by atoms with E-state index in [0.717, 1.165) is 27.6 Å². The molecule has 0 spiro atoms. The molecule has 0 amide bonds. The van der Waals surface area contributed by atoms with E-state index < -0.39 is 5.92 Å². The van der Waals surface area contributed by atoms with Gasteiger partial charge in [-0.25, -0.2) is 5.01 Å². The van der Waals surface area contributed by atoms with E-state index in [1.807, 2.05) is 60.5 Å². The zero-order valence-electron chi connectivity index (χ0n) is 18.8. The number of hydrogen-bond donors (Lipinski definition) is 1. The van der Waals surface area contributed by atoms with Crippen molar-refractivity contribution in [2.45, 2.75) is 24.7 Å². The molecule has 2 N–H and O–H groups in total. The number of hydrazine groups is 1. The molecule has 3 aromatic rings. The van der Waals surface area contributed by atoms with Crippen molar-refractivity contribution in [1.82, 2.24) is 10.0 Å². The van der Waals surface area contributed by atoms with Crippen molar-refractivity contribution in [1.29, 1.82) is 5.26 Å². The number of fused-ring (bicyclic) bond motifs is 1. The summed E-state index contributed by atoms with van der Waals surface area (Å²) in [5, 5.41) is 16.1. The number of rotatable bonds is 3. The average molecular weight is 435 g/mol. The zero-order valence-corrected chi connectivity index (χ0v) is 18.8. The second kappa shape index (κ2) is 8.23. The predicted octanol–water partition coefficient (Wildman–Crippen LogP) is 4.81. The lowest BCUT2D eigenvalue weighted by atomic mass is 9.72. The first-order chi connectivity index (χ1) is 16.0. The maximum atomic E-state index is 13.7. The quantitative estimate of drug-likeness (QED) is 0.640. The molecular weight excluding hydrogens is 408 g/mol. The maximum absolute atomic E-state index is 13.7. The summed E-state index contributed by atoms with van der Waals surface area (Å²) in [4.78, 5) is 13.7. The highest BCUT2D eigenvalue weighted by atomic mass is 16.1. The number of ketones is 1. The molecular formula is C28H26N4O. The van der Waals surface area contributed by atoms with E-state index in [-0.39, 0.29) is 11.7 Å². The van der Waals surface area contributed by atoms with Gasteiger partial charge in [0, 0.05) is 31.8 Å². The van der Waals surface area contributed by atoms with Crippen molar-refractivity contribution in [2.24, 2.45) is 5.73 Å². The summed E-state index contributed by atoms with van der Waals surface area (Å²) in [7, 11) is 3.78. The fraction of sp³-hybridized carbons (Fsp3) is 0.214. The molecule has 0 bridgehead atoms. The Labute approximate surface area is 194 Å². The Morgan fingerprint density at radius 1 is 0.939 bits per heavy atom. The Hall–Kier alpha value is -3.88. The van der Waals surface area contributed by atoms with Gasteiger partial charge < -0.3 is 5.73 Å². The maximum Gasteiger partial charge on any atom is 0.162 e. The molecule has 1 aliphatic carbocycles. The molecule has 5 nitrogen and oxygen atoms in total. The lowest BCUT2D eigenvalue weighted by Crippen LogP contribution is -2.46. The van der Waals surface area contributed by atoms with Crippen molar-refractivity contribution in [3.8, 4) is 6.07 Å². The van der Waals surface area contributed by atoms with Crippen LogP contribution in [-0.2, 0) is 4.79 Å². The minimum Gasteiger partial charge on any atom is -0.383 e. The highest BCUT2D eigenvalue weighted by Gasteiger charge is 2.43. The van der Waals surface area contributed by atoms with Crippen molar-refractivity contribution in [3.63, 3.8) is 0 Å². The van der Waals surface area contributed by atoms with Gasteiger partial charge in [-0.1, -0.05) is 72.8 Å². The number of nitrogens with zero attached hydrogens (tertiary/aromatic N) is 3. The SMILES string of the molecule is CN(C)N1C(N)=C(C#N)[C@H](c2ccc3ccccc3c2)C2=C1C[C@@H](c1ccccc1)CC2=O. The first kappa shape index (κ1) is 21.0. The van der Waals surface area contributed by atoms with E-state index in [1.54, 1.807) is 0 Å². The van der Waals surface area contributed by atoms with Crippen LogP contribution in [0.1, 0.15) is 35.8 Å². The van der Waals surface area contributed by atoms with Gasteiger partial charge in [0.15, 0.2) is 5.78 Å². The first-order valence-electron chi connectivity index (χ1n) is 11.2. The third-order valence-corrected chi connectivity index (χ3v) is 6.72. The summed E-state index contributed by atoms with van der Waals surface area (Å²) in [6.07, 6.45) is 1.11. The second-order valence-electron chi connectivity index (χ2n) is 8.91. The lowest BCUT2D eigenvalue weighted by molar-refractivity contribution is -0.117. The highest BCUT2D eigenvalue weighted by molar-refractivity contribution is 6.00. The fourth-order valence-corrected chi connectivity index (χ4v) is 5.25. The van der Waals surface area contributed by atoms with Crippen LogP contribution in [0, 0.1) is 11.3 Å². The minimum absolute atomic E-state index is 0.0774. The van der Waals surface area contributed by atoms with Crippen LogP contribution < -0.4 is 5.73 Å². The van der Waals surface area contributed by atoms with E-state index in [0.29, 0.717) is 29.8 Å². The van der Waals surface area contributed by atoms with E-state index in [9.17, 15) is 10.1 Å². The molecule has 2 aliphatic rings. The number of carbonyl (C=O) groups excluding carboxylic acids is 1. The Morgan fingerprint density at radius 2 is 1.64 bits per heavy atom. The number of nitriles is 1. The monoisotopic (exact) mass is 434 g/mol. The molecule has 0 radical (unpaired) electrons. The number of Topliss-reactive ketones (excluding diaryl/α,β-unsaturated/α-hetero) is 1. The Bertz CT molecular complexity index is 1350. The van der Waals surface area contributed by atoms with E-state index >= 15 is 0 Å². The summed E-state index contributed by atoms with van der Waals surface area (Å²) < 4.78 is 0. The fourth-order valence-electron chi connectivity index (χ4n) is 5.25. The van der Waals surface area contributed by atoms with Gasteiger partial charge in [0.25, 0.3) is 0 Å². The first-order valence-corrected chi connectivity index (χ1v) is 11.2. The third kappa shape index (κ3) is 3.49. The zero-order chi connectivity index (χ0) is 23.1. The van der Waals surface area contributed by atoms with Gasteiger partial charge in [-0.3, -0.25) is 9.80 Å². The minimum atomic E-state index is -0.463. The van der Waals surface area contributed by atoms with E-state index in [4.69, 9.17) is 5.73 Å². The van der Waals surface area contributed by atoms with Crippen molar-refractivity contribution >= 4 is 16.6 Å². The Balaban J connectivity index is 1.70. The van der Waals surface area contributed by atoms with Crippen molar-refractivity contribution in [2.75, 3.05) is 14.1 Å². The largest absolute Gasteiger partial charge is 0.383 e. The van der Waals surface area contributed by atoms with Gasteiger partial charge in [-0.15, -0.1) is 0 Å². The van der Waals surface area contributed by atoms with Crippen LogP contribution in [0.4, 0.5) is 0 Å². The Morgan fingerprint density at radius 3 is 2.33 bits per heavy atom. The summed E-state index contributed by atoms with van der Waals surface area (Å²) >= 11 is 0. The van der Waals surface area contributed by atoms with E-state index in [1.165, 1.54) is 0 Å². The van der Waals surface area contributed by atoms with Gasteiger partial charge >= 0.3 is 0 Å². The lowest BCUT2D eigenvalue weighted by Gasteiger charge is -2.43. The molecule has 5 rings (SSSR count). The third-order valence-electron chi connectivity index (χ3n) is 6.72. The van der Waals surface area contributed by atoms with Crippen molar-refractivity contribution < 1.29 is 4.79 Å². The van der Waals surface area contributed by atoms with Gasteiger partial charge in [0.05, 0.1) is 17.6 Å². The average Bonchev–Trinajstić information content (AvgIpc) is 2.83. The second-order valence-corrected chi connectivity index (χ2v) is 8.91. The molecule has 5 heteroatoms. The van der Waals surface area contributed by atoms with Crippen LogP contribution in [-0.4, -0.2) is 29.9 Å². The number of benzene rings is 3. The molecule has 3 aromatic carbocycles. The Kier molecular flexibility index (Phi) is 5.24. The highest BCUT2D eigenvalue weighted by Crippen LogP contribution is 2.48. The number of nitrogens with two attached hydrogens (primary N) is 1. The van der Waals surface area contributed by atoms with Crippen LogP contribution >= 0.6 is 0 Å². The standard InChI is InChI=1S/C28H26N4O/c1-31(2)32-24-15-22(18-8-4-3-5-9-18)16-25(33)27(24)26(23(17-29)28(32)30)21-13-12-19-10-6-7-11-20(19)14-21/h3-14,22,26H,15-16,30H2,1-2H3/t22-,26+/m1/s1. The van der Waals surface area contributed by atoms with Gasteiger partial charge in [0.2, 0.25) is 0 Å². The summed E-state index contributed by atoms with van der Waals surface area (Å²) in [6, 6.07) is 26.8. The molecule has 2 atom stereocenters. The molecule has 0 saturated heterocycles. The summed E-state index contributed by atoms with van der Waals surface area (Å²) in [6.45, 7) is 0. The van der Waals surface area contributed by atoms with Gasteiger partial charge in [-0.05, 0) is 34.2 Å². The van der Waals surface area contributed by atoms with Gasteiger partial charge in [-0.2, -0.15) is 5.26 Å². The number of hydrogen-bond acceptors (Lipinski definition) is 5. The molecule has 164 valence electrons. The molecule has 33 heavy (non-hydrogen) atoms. The molecule has 1 heterocycles. The normalized spacial score (nSPS) is 20.9. The van der Waals surface area contributed by atoms with E-state index in [2.05, 4.69) is 42.5 Å². The summed E-state index contributed by atoms with van der Waals surface area (Å²) in [5.41, 5.74) is 10.7. The smallest absolute Gasteiger partial charge is 0.162 e. The van der Waals surface area contributed by atoms with Crippen LogP contribution in [0.15, 0.2) is 95.5 Å². The van der Waals surface area contributed by atoms with Crippen LogP contribution in [0.5, 0.6) is 0 Å². The molecule has 0 unspecified atom stereocenters. The van der Waals surface area contributed by atoms with Crippen LogP contribution in [0.25, 0.3) is 10.8 Å². The number of allylic oxidation sites excluding steroid dienone is 3. The van der Waals surface area contributed by atoms with Crippen LogP contribution in [0.2, 0.25) is 0 Å². The van der Waals surface area contributed by atoms with Crippen LogP contribution in [0.3, 0.4) is 0 Å². The topological polar surface area (TPSA) is 73.4 Å². The molecule has 1 aliphatic heterocycles. The van der Waals surface area contributed by atoms with Crippen molar-refractivity contribution in [3.05, 3.63) is 107 Å².